The number of fused-ring (bicyclic) bond motifs is 1. The number of nitro groups is 1. The van der Waals surface area contributed by atoms with Gasteiger partial charge in [-0.2, -0.15) is 0 Å². The number of nitrogens with zero attached hydrogens (tertiary/aromatic N) is 2. The Morgan fingerprint density at radius 3 is 2.68 bits per heavy atom. The number of aromatic nitrogens is 2. The zero-order valence-corrected chi connectivity index (χ0v) is 16.8. The van der Waals surface area contributed by atoms with Crippen LogP contribution in [0.3, 0.4) is 0 Å². The summed E-state index contributed by atoms with van der Waals surface area (Å²) < 4.78 is 5.24. The van der Waals surface area contributed by atoms with Crippen LogP contribution in [0, 0.1) is 10.1 Å². The molecular formula is C23H20N4O4. The molecule has 0 radical (unpaired) electrons. The van der Waals surface area contributed by atoms with Crippen molar-refractivity contribution in [3.63, 3.8) is 0 Å². The number of nitrogens with one attached hydrogen (secondary N) is 2. The molecule has 0 saturated heterocycles. The molecule has 0 fully saturated rings. The van der Waals surface area contributed by atoms with Crippen LogP contribution in [-0.2, 0) is 11.2 Å². The number of H-pyrrole nitrogens is 1. The molecule has 8 heteroatoms. The summed E-state index contributed by atoms with van der Waals surface area (Å²) in [6, 6.07) is 17.0. The minimum Gasteiger partial charge on any atom is -0.497 e. The Morgan fingerprint density at radius 2 is 1.94 bits per heavy atom. The summed E-state index contributed by atoms with van der Waals surface area (Å²) in [5.74, 6) is 0.458. The number of hydrogen-bond acceptors (Lipinski definition) is 5. The molecule has 2 aromatic carbocycles. The van der Waals surface area contributed by atoms with Crippen molar-refractivity contribution >= 4 is 28.2 Å². The lowest BCUT2D eigenvalue weighted by Crippen LogP contribution is -2.13. The maximum atomic E-state index is 12.6. The molecule has 8 nitrogen and oxygen atoms in total. The predicted molar refractivity (Wildman–Crippen MR) is 118 cm³/mol. The van der Waals surface area contributed by atoms with Crippen LogP contribution in [0.1, 0.15) is 12.0 Å². The van der Waals surface area contributed by atoms with Crippen LogP contribution in [0.2, 0.25) is 0 Å². The fourth-order valence-electron chi connectivity index (χ4n) is 3.55. The molecule has 2 N–H and O–H groups in total. The first-order chi connectivity index (χ1) is 15.1. The summed E-state index contributed by atoms with van der Waals surface area (Å²) >= 11 is 0. The van der Waals surface area contributed by atoms with E-state index in [-0.39, 0.29) is 23.7 Å². The van der Waals surface area contributed by atoms with Gasteiger partial charge < -0.3 is 15.0 Å². The highest BCUT2D eigenvalue weighted by molar-refractivity contribution is 5.95. The molecule has 156 valence electrons. The van der Waals surface area contributed by atoms with Gasteiger partial charge in [0, 0.05) is 29.2 Å². The second-order valence-corrected chi connectivity index (χ2v) is 6.95. The molecule has 4 rings (SSSR count). The van der Waals surface area contributed by atoms with Gasteiger partial charge in [-0.1, -0.05) is 18.2 Å². The highest BCUT2D eigenvalue weighted by Crippen LogP contribution is 2.32. The van der Waals surface area contributed by atoms with Gasteiger partial charge in [0.1, 0.15) is 17.6 Å². The summed E-state index contributed by atoms with van der Waals surface area (Å²) in [6.45, 7) is 0. The van der Waals surface area contributed by atoms with E-state index in [2.05, 4.69) is 15.3 Å². The molecule has 1 amide bonds. The Balaban J connectivity index is 1.59. The van der Waals surface area contributed by atoms with Gasteiger partial charge in [0.25, 0.3) is 0 Å². The van der Waals surface area contributed by atoms with Crippen LogP contribution in [0.15, 0.2) is 67.0 Å². The number of anilines is 1. The molecule has 2 aromatic heterocycles. The molecule has 0 aliphatic heterocycles. The SMILES string of the molecule is COc1ccc(-c2[nH]c3ccccc3c2CCC(=O)Nc2ccncc2[N+](=O)[O-])cc1. The molecule has 0 aliphatic rings. The third kappa shape index (κ3) is 4.23. The number of pyridine rings is 1. The lowest BCUT2D eigenvalue weighted by molar-refractivity contribution is -0.384. The fraction of sp³-hybridized carbons (Fsp3) is 0.130. The summed E-state index contributed by atoms with van der Waals surface area (Å²) in [5.41, 5.74) is 3.82. The molecular weight excluding hydrogens is 396 g/mol. The second kappa shape index (κ2) is 8.66. The molecule has 0 atom stereocenters. The quantitative estimate of drug-likeness (QED) is 0.335. The maximum absolute atomic E-state index is 12.6. The van der Waals surface area contributed by atoms with Gasteiger partial charge in [-0.3, -0.25) is 19.9 Å². The molecule has 0 unspecified atom stereocenters. The van der Waals surface area contributed by atoms with Crippen LogP contribution in [-0.4, -0.2) is 27.9 Å². The lowest BCUT2D eigenvalue weighted by atomic mass is 10.0. The van der Waals surface area contributed by atoms with Gasteiger partial charge in [-0.25, -0.2) is 0 Å². The first-order valence-electron chi connectivity index (χ1n) is 9.69. The van der Waals surface area contributed by atoms with E-state index >= 15 is 0 Å². The van der Waals surface area contributed by atoms with E-state index in [0.717, 1.165) is 39.7 Å². The van der Waals surface area contributed by atoms with Crippen molar-refractivity contribution in [3.8, 4) is 17.0 Å². The van der Waals surface area contributed by atoms with Crippen molar-refractivity contribution in [1.82, 2.24) is 9.97 Å². The Kier molecular flexibility index (Phi) is 5.61. The number of amides is 1. The van der Waals surface area contributed by atoms with Crippen molar-refractivity contribution in [2.24, 2.45) is 0 Å². The number of rotatable bonds is 7. The van der Waals surface area contributed by atoms with E-state index in [9.17, 15) is 14.9 Å². The van der Waals surface area contributed by atoms with Gasteiger partial charge >= 0.3 is 5.69 Å². The minimum atomic E-state index is -0.565. The summed E-state index contributed by atoms with van der Waals surface area (Å²) in [5, 5.41) is 14.8. The van der Waals surface area contributed by atoms with Crippen molar-refractivity contribution in [3.05, 3.63) is 82.7 Å². The molecule has 0 spiro atoms. The van der Waals surface area contributed by atoms with Crippen LogP contribution in [0.4, 0.5) is 11.4 Å². The van der Waals surface area contributed by atoms with Gasteiger partial charge in [0.15, 0.2) is 0 Å². The van der Waals surface area contributed by atoms with Crippen LogP contribution in [0.5, 0.6) is 5.75 Å². The second-order valence-electron chi connectivity index (χ2n) is 6.95. The third-order valence-electron chi connectivity index (χ3n) is 5.07. The Hall–Kier alpha value is -4.20. The van der Waals surface area contributed by atoms with E-state index < -0.39 is 4.92 Å². The summed E-state index contributed by atoms with van der Waals surface area (Å²) in [4.78, 5) is 30.3. The Labute approximate surface area is 178 Å². The minimum absolute atomic E-state index is 0.138. The van der Waals surface area contributed by atoms with Crippen molar-refractivity contribution < 1.29 is 14.5 Å². The van der Waals surface area contributed by atoms with Gasteiger partial charge in [0.2, 0.25) is 5.91 Å². The average molecular weight is 416 g/mol. The first-order valence-corrected chi connectivity index (χ1v) is 9.69. The van der Waals surface area contributed by atoms with Gasteiger partial charge in [-0.15, -0.1) is 0 Å². The number of ether oxygens (including phenoxy) is 1. The zero-order chi connectivity index (χ0) is 21.8. The predicted octanol–water partition coefficient (Wildman–Crippen LogP) is 4.72. The summed E-state index contributed by atoms with van der Waals surface area (Å²) in [6.07, 6.45) is 3.17. The molecule has 31 heavy (non-hydrogen) atoms. The Morgan fingerprint density at radius 1 is 1.16 bits per heavy atom. The number of benzene rings is 2. The Bertz CT molecular complexity index is 1250. The normalized spacial score (nSPS) is 10.7. The van der Waals surface area contributed by atoms with Gasteiger partial charge in [0.05, 0.1) is 12.0 Å². The highest BCUT2D eigenvalue weighted by atomic mass is 16.6. The lowest BCUT2D eigenvalue weighted by Gasteiger charge is -2.08. The largest absolute Gasteiger partial charge is 0.497 e. The van der Waals surface area contributed by atoms with Crippen LogP contribution >= 0.6 is 0 Å². The van der Waals surface area contributed by atoms with Crippen molar-refractivity contribution in [1.29, 1.82) is 0 Å². The molecule has 4 aromatic rings. The number of hydrogen-bond donors (Lipinski definition) is 2. The topological polar surface area (TPSA) is 110 Å². The molecule has 0 bridgehead atoms. The number of aromatic amines is 1. The number of para-hydroxylation sites is 1. The van der Waals surface area contributed by atoms with E-state index in [0.29, 0.717) is 6.42 Å². The highest BCUT2D eigenvalue weighted by Gasteiger charge is 2.18. The number of methoxy groups -OCH3 is 1. The number of aryl methyl sites for hydroxylation is 1. The van der Waals surface area contributed by atoms with Crippen molar-refractivity contribution in [2.75, 3.05) is 12.4 Å². The van der Waals surface area contributed by atoms with Gasteiger partial charge in [-0.05, 0) is 53.9 Å². The zero-order valence-electron chi connectivity index (χ0n) is 16.8. The molecule has 2 heterocycles. The molecule has 0 aliphatic carbocycles. The van der Waals surface area contributed by atoms with E-state index in [1.54, 1.807) is 7.11 Å². The smallest absolute Gasteiger partial charge is 0.310 e. The van der Waals surface area contributed by atoms with Crippen LogP contribution in [0.25, 0.3) is 22.2 Å². The number of carbonyl (C=O) groups is 1. The first kappa shape index (κ1) is 20.1. The molecule has 0 saturated carbocycles. The average Bonchev–Trinajstić information content (AvgIpc) is 3.16. The van der Waals surface area contributed by atoms with E-state index in [1.807, 2.05) is 48.5 Å². The fourth-order valence-corrected chi connectivity index (χ4v) is 3.55. The van der Waals surface area contributed by atoms with Crippen LogP contribution < -0.4 is 10.1 Å². The van der Waals surface area contributed by atoms with Crippen molar-refractivity contribution in [2.45, 2.75) is 12.8 Å². The standard InChI is InChI=1S/C23H20N4O4/c1-31-16-8-6-15(7-9-16)23-18(17-4-2-3-5-19(17)26-23)10-11-22(28)25-20-12-13-24-14-21(20)27(29)30/h2-9,12-14,26H,10-11H2,1H3,(H,24,25,28). The van der Waals surface area contributed by atoms with E-state index in [1.165, 1.54) is 12.3 Å². The van der Waals surface area contributed by atoms with E-state index in [4.69, 9.17) is 4.74 Å². The maximum Gasteiger partial charge on any atom is 0.310 e. The third-order valence-corrected chi connectivity index (χ3v) is 5.07. The monoisotopic (exact) mass is 416 g/mol. The summed E-state index contributed by atoms with van der Waals surface area (Å²) in [7, 11) is 1.62. The number of carbonyl (C=O) groups excluding carboxylic acids is 1.